The first-order valence-corrected chi connectivity index (χ1v) is 8.63. The highest BCUT2D eigenvalue weighted by molar-refractivity contribution is 9.10. The van der Waals surface area contributed by atoms with Gasteiger partial charge >= 0.3 is 5.97 Å². The molecule has 0 spiro atoms. The van der Waals surface area contributed by atoms with Gasteiger partial charge in [0.15, 0.2) is 5.92 Å². The Hall–Kier alpha value is -2.83. The van der Waals surface area contributed by atoms with Gasteiger partial charge in [-0.1, -0.05) is 28.1 Å². The second kappa shape index (κ2) is 8.03. The molecule has 132 valence electrons. The van der Waals surface area contributed by atoms with Gasteiger partial charge in [-0.3, -0.25) is 4.79 Å². The van der Waals surface area contributed by atoms with Crippen LogP contribution in [0.15, 0.2) is 46.9 Å². The zero-order valence-electron chi connectivity index (χ0n) is 14.6. The molecule has 0 aliphatic heterocycles. The van der Waals surface area contributed by atoms with Crippen LogP contribution in [0.4, 0.5) is 0 Å². The van der Waals surface area contributed by atoms with Crippen molar-refractivity contribution in [1.82, 2.24) is 0 Å². The summed E-state index contributed by atoms with van der Waals surface area (Å²) in [7, 11) is 0. The van der Waals surface area contributed by atoms with E-state index in [9.17, 15) is 15.3 Å². The van der Waals surface area contributed by atoms with Crippen LogP contribution in [-0.4, -0.2) is 11.6 Å². The Labute approximate surface area is 160 Å². The molecule has 6 heteroatoms. The van der Waals surface area contributed by atoms with Gasteiger partial charge in [0.1, 0.15) is 23.2 Å². The normalized spacial score (nSPS) is 11.8. The first kappa shape index (κ1) is 19.5. The summed E-state index contributed by atoms with van der Waals surface area (Å²) in [4.78, 5) is 12.4. The third-order valence-corrected chi connectivity index (χ3v) is 3.82. The van der Waals surface area contributed by atoms with Crippen molar-refractivity contribution < 1.29 is 14.3 Å². The fraction of sp³-hybridized carbons (Fsp3) is 0.250. The van der Waals surface area contributed by atoms with E-state index in [1.54, 1.807) is 51.1 Å². The highest BCUT2D eigenvalue weighted by Crippen LogP contribution is 2.32. The van der Waals surface area contributed by atoms with Crippen molar-refractivity contribution in [2.75, 3.05) is 0 Å². The maximum atomic E-state index is 12.4. The Balaban J connectivity index is 2.40. The van der Waals surface area contributed by atoms with Gasteiger partial charge in [0.25, 0.3) is 0 Å². The van der Waals surface area contributed by atoms with Crippen LogP contribution >= 0.6 is 15.9 Å². The van der Waals surface area contributed by atoms with Gasteiger partial charge in [-0.15, -0.1) is 0 Å². The standard InChI is InChI=1S/C20H17BrN2O3/c1-20(2,3)26-19(24)17(12-23)15-5-4-6-18(16(15)11-22)25-14-9-7-13(21)8-10-14/h4-10,17H,1-3H3. The molecule has 2 rings (SSSR count). The predicted octanol–water partition coefficient (Wildman–Crippen LogP) is 5.06. The monoisotopic (exact) mass is 412 g/mol. The summed E-state index contributed by atoms with van der Waals surface area (Å²) in [6, 6.07) is 15.9. The molecule has 1 unspecified atom stereocenters. The lowest BCUT2D eigenvalue weighted by Crippen LogP contribution is -2.27. The molecule has 0 aromatic heterocycles. The molecule has 0 saturated carbocycles. The van der Waals surface area contributed by atoms with Gasteiger partial charge < -0.3 is 9.47 Å². The molecule has 0 radical (unpaired) electrons. The molecule has 0 amide bonds. The molecule has 0 heterocycles. The Morgan fingerprint density at radius 3 is 2.31 bits per heavy atom. The highest BCUT2D eigenvalue weighted by atomic mass is 79.9. The van der Waals surface area contributed by atoms with Gasteiger partial charge in [0, 0.05) is 10.0 Å². The van der Waals surface area contributed by atoms with Crippen molar-refractivity contribution in [3.8, 4) is 23.6 Å². The fourth-order valence-electron chi connectivity index (χ4n) is 2.23. The van der Waals surface area contributed by atoms with Crippen LogP contribution in [0.25, 0.3) is 0 Å². The zero-order valence-corrected chi connectivity index (χ0v) is 16.2. The van der Waals surface area contributed by atoms with Crippen molar-refractivity contribution in [3.63, 3.8) is 0 Å². The minimum atomic E-state index is -1.21. The molecule has 0 N–H and O–H groups in total. The van der Waals surface area contributed by atoms with Gasteiger partial charge in [0.05, 0.1) is 11.6 Å². The van der Waals surface area contributed by atoms with E-state index in [4.69, 9.17) is 9.47 Å². The molecule has 5 nitrogen and oxygen atoms in total. The smallest absolute Gasteiger partial charge is 0.328 e. The highest BCUT2D eigenvalue weighted by Gasteiger charge is 2.29. The summed E-state index contributed by atoms with van der Waals surface area (Å²) in [5.74, 6) is -1.10. The number of hydrogen-bond acceptors (Lipinski definition) is 5. The van der Waals surface area contributed by atoms with Crippen LogP contribution < -0.4 is 4.74 Å². The number of nitriles is 2. The average Bonchev–Trinajstić information content (AvgIpc) is 2.56. The maximum Gasteiger partial charge on any atom is 0.328 e. The minimum Gasteiger partial charge on any atom is -0.459 e. The van der Waals surface area contributed by atoms with E-state index in [0.717, 1.165) is 4.47 Å². The molecule has 0 aliphatic rings. The van der Waals surface area contributed by atoms with E-state index in [2.05, 4.69) is 15.9 Å². The fourth-order valence-corrected chi connectivity index (χ4v) is 2.50. The molecule has 2 aromatic carbocycles. The number of nitrogens with zero attached hydrogens (tertiary/aromatic N) is 2. The largest absolute Gasteiger partial charge is 0.459 e. The van der Waals surface area contributed by atoms with E-state index >= 15 is 0 Å². The number of benzene rings is 2. The second-order valence-corrected chi connectivity index (χ2v) is 7.40. The quantitative estimate of drug-likeness (QED) is 0.654. The predicted molar refractivity (Wildman–Crippen MR) is 99.6 cm³/mol. The third kappa shape index (κ3) is 4.84. The van der Waals surface area contributed by atoms with E-state index in [-0.39, 0.29) is 16.9 Å². The molecule has 0 saturated heterocycles. The third-order valence-electron chi connectivity index (χ3n) is 3.29. The minimum absolute atomic E-state index is 0.132. The van der Waals surface area contributed by atoms with Crippen molar-refractivity contribution in [1.29, 1.82) is 10.5 Å². The van der Waals surface area contributed by atoms with Crippen LogP contribution in [0, 0.1) is 22.7 Å². The molecule has 1 atom stereocenters. The summed E-state index contributed by atoms with van der Waals surface area (Å²) < 4.78 is 12.0. The van der Waals surface area contributed by atoms with Gasteiger partial charge in [-0.2, -0.15) is 10.5 Å². The first-order valence-electron chi connectivity index (χ1n) is 7.84. The second-order valence-electron chi connectivity index (χ2n) is 6.48. The van der Waals surface area contributed by atoms with Crippen molar-refractivity contribution >= 4 is 21.9 Å². The van der Waals surface area contributed by atoms with Crippen LogP contribution in [0.3, 0.4) is 0 Å². The Morgan fingerprint density at radius 2 is 1.77 bits per heavy atom. The first-order chi connectivity index (χ1) is 12.2. The van der Waals surface area contributed by atoms with Crippen molar-refractivity contribution in [2.45, 2.75) is 32.3 Å². The summed E-state index contributed by atoms with van der Waals surface area (Å²) >= 11 is 3.34. The lowest BCUT2D eigenvalue weighted by Gasteiger charge is -2.22. The molecule has 0 bridgehead atoms. The topological polar surface area (TPSA) is 83.1 Å². The Kier molecular flexibility index (Phi) is 6.02. The van der Waals surface area contributed by atoms with Crippen LogP contribution in [0.1, 0.15) is 37.8 Å². The van der Waals surface area contributed by atoms with Crippen molar-refractivity contribution in [2.24, 2.45) is 0 Å². The summed E-state index contributed by atoms with van der Waals surface area (Å²) in [5, 5.41) is 19.1. The molecule has 2 aromatic rings. The van der Waals surface area contributed by atoms with Crippen LogP contribution in [0.5, 0.6) is 11.5 Å². The Bertz CT molecular complexity index is 887. The van der Waals surface area contributed by atoms with Crippen LogP contribution in [-0.2, 0) is 9.53 Å². The number of carbonyl (C=O) groups excluding carboxylic acids is 1. The number of hydrogen-bond donors (Lipinski definition) is 0. The summed E-state index contributed by atoms with van der Waals surface area (Å²) in [5.41, 5.74) is -0.337. The molecule has 0 fully saturated rings. The number of halogens is 1. The van der Waals surface area contributed by atoms with Crippen LogP contribution in [0.2, 0.25) is 0 Å². The lowest BCUT2D eigenvalue weighted by molar-refractivity contribution is -0.155. The molecular weight excluding hydrogens is 396 g/mol. The lowest BCUT2D eigenvalue weighted by atomic mass is 9.95. The number of esters is 1. The zero-order chi connectivity index (χ0) is 19.3. The van der Waals surface area contributed by atoms with Gasteiger partial charge in [-0.25, -0.2) is 0 Å². The van der Waals surface area contributed by atoms with E-state index in [1.165, 1.54) is 0 Å². The molecule has 0 aliphatic carbocycles. The summed E-state index contributed by atoms with van der Waals surface area (Å²) in [6.07, 6.45) is 0. The van der Waals surface area contributed by atoms with Crippen molar-refractivity contribution in [3.05, 3.63) is 58.1 Å². The van der Waals surface area contributed by atoms with E-state index in [1.807, 2.05) is 24.3 Å². The average molecular weight is 413 g/mol. The Morgan fingerprint density at radius 1 is 1.12 bits per heavy atom. The molecular formula is C20H17BrN2O3. The van der Waals surface area contributed by atoms with Gasteiger partial charge in [0.2, 0.25) is 0 Å². The van der Waals surface area contributed by atoms with E-state index in [0.29, 0.717) is 5.75 Å². The van der Waals surface area contributed by atoms with Gasteiger partial charge in [-0.05, 0) is 51.1 Å². The number of rotatable bonds is 4. The number of carbonyl (C=O) groups is 1. The molecule has 26 heavy (non-hydrogen) atoms. The van der Waals surface area contributed by atoms with E-state index < -0.39 is 17.5 Å². The SMILES string of the molecule is CC(C)(C)OC(=O)C(C#N)c1cccc(Oc2ccc(Br)cc2)c1C#N. The summed E-state index contributed by atoms with van der Waals surface area (Å²) in [6.45, 7) is 5.16. The maximum absolute atomic E-state index is 12.4. The number of ether oxygens (including phenoxy) is 2.